The van der Waals surface area contributed by atoms with Crippen molar-refractivity contribution in [3.63, 3.8) is 0 Å². The van der Waals surface area contributed by atoms with Crippen LogP contribution in [-0.2, 0) is 4.79 Å². The Kier molecular flexibility index (Phi) is 6.44. The zero-order valence-corrected chi connectivity index (χ0v) is 15.3. The fourth-order valence-electron chi connectivity index (χ4n) is 1.67. The van der Waals surface area contributed by atoms with Crippen LogP contribution in [0, 0.1) is 10.1 Å². The van der Waals surface area contributed by atoms with E-state index in [2.05, 4.69) is 42.4 Å². The van der Waals surface area contributed by atoms with Crippen molar-refractivity contribution in [1.82, 2.24) is 5.43 Å². The van der Waals surface area contributed by atoms with Crippen LogP contribution in [0.2, 0.25) is 0 Å². The highest BCUT2D eigenvalue weighted by Gasteiger charge is 2.06. The Bertz CT molecular complexity index is 796. The van der Waals surface area contributed by atoms with Gasteiger partial charge >= 0.3 is 0 Å². The molecule has 2 aromatic carbocycles. The minimum atomic E-state index is -0.500. The number of carbonyl (C=O) groups excluding carboxylic acids is 1. The van der Waals surface area contributed by atoms with Crippen molar-refractivity contribution in [3.8, 4) is 5.75 Å². The predicted octanol–water partition coefficient (Wildman–Crippen LogP) is 3.65. The van der Waals surface area contributed by atoms with Crippen LogP contribution in [0.25, 0.3) is 0 Å². The maximum Gasteiger partial charge on any atom is 0.277 e. The van der Waals surface area contributed by atoms with Crippen LogP contribution in [0.4, 0.5) is 5.69 Å². The van der Waals surface area contributed by atoms with Gasteiger partial charge in [-0.15, -0.1) is 0 Å². The van der Waals surface area contributed by atoms with Crippen LogP contribution in [0.3, 0.4) is 0 Å². The maximum absolute atomic E-state index is 11.7. The molecule has 2 aromatic rings. The van der Waals surface area contributed by atoms with Crippen molar-refractivity contribution in [2.75, 3.05) is 6.61 Å². The minimum Gasteiger partial charge on any atom is -0.483 e. The molecule has 0 spiro atoms. The van der Waals surface area contributed by atoms with Crippen molar-refractivity contribution in [3.05, 3.63) is 67.1 Å². The molecule has 0 heterocycles. The Hall–Kier alpha value is -2.26. The summed E-state index contributed by atoms with van der Waals surface area (Å²) in [6, 6.07) is 11.2. The second-order valence-corrected chi connectivity index (χ2v) is 6.28. The number of ether oxygens (including phenoxy) is 1. The first-order valence-electron chi connectivity index (χ1n) is 6.60. The molecule has 0 radical (unpaired) electrons. The smallest absolute Gasteiger partial charge is 0.277 e. The number of amides is 1. The summed E-state index contributed by atoms with van der Waals surface area (Å²) in [4.78, 5) is 21.8. The van der Waals surface area contributed by atoms with E-state index in [9.17, 15) is 14.9 Å². The van der Waals surface area contributed by atoms with Crippen LogP contribution in [0.1, 0.15) is 5.56 Å². The Labute approximate surface area is 154 Å². The molecule has 124 valence electrons. The Balaban J connectivity index is 1.86. The van der Waals surface area contributed by atoms with Gasteiger partial charge in [0.15, 0.2) is 6.61 Å². The molecule has 0 fully saturated rings. The molecular formula is C15H11Br2N3O4. The van der Waals surface area contributed by atoms with Crippen molar-refractivity contribution in [2.45, 2.75) is 0 Å². The summed E-state index contributed by atoms with van der Waals surface area (Å²) in [6.07, 6.45) is 1.32. The van der Waals surface area contributed by atoms with E-state index in [0.717, 1.165) is 4.47 Å². The summed E-state index contributed by atoms with van der Waals surface area (Å²) in [5.41, 5.74) is 2.75. The molecule has 9 heteroatoms. The molecule has 7 nitrogen and oxygen atoms in total. The van der Waals surface area contributed by atoms with E-state index in [1.807, 2.05) is 0 Å². The number of rotatable bonds is 6. The number of hydrogen-bond acceptors (Lipinski definition) is 5. The number of hydrazone groups is 1. The second-order valence-electron chi connectivity index (χ2n) is 4.51. The zero-order chi connectivity index (χ0) is 17.5. The Morgan fingerprint density at radius 2 is 2.08 bits per heavy atom. The predicted molar refractivity (Wildman–Crippen MR) is 96.2 cm³/mol. The maximum atomic E-state index is 11.7. The van der Waals surface area contributed by atoms with E-state index in [4.69, 9.17) is 4.74 Å². The molecule has 0 aromatic heterocycles. The van der Waals surface area contributed by atoms with Gasteiger partial charge in [-0.1, -0.05) is 28.1 Å². The molecule has 0 saturated carbocycles. The number of hydrogen-bond donors (Lipinski definition) is 1. The molecule has 0 aliphatic rings. The van der Waals surface area contributed by atoms with Gasteiger partial charge in [0, 0.05) is 22.2 Å². The third-order valence-corrected chi connectivity index (χ3v) is 3.85. The number of nitrogens with zero attached hydrogens (tertiary/aromatic N) is 2. The molecule has 0 atom stereocenters. The lowest BCUT2D eigenvalue weighted by Crippen LogP contribution is -2.24. The lowest BCUT2D eigenvalue weighted by molar-refractivity contribution is -0.384. The van der Waals surface area contributed by atoms with Gasteiger partial charge in [0.05, 0.1) is 15.6 Å². The van der Waals surface area contributed by atoms with Gasteiger partial charge in [-0.3, -0.25) is 14.9 Å². The number of halogens is 2. The molecule has 1 N–H and O–H groups in total. The quantitative estimate of drug-likeness (QED) is 0.407. The van der Waals surface area contributed by atoms with E-state index in [1.165, 1.54) is 24.4 Å². The van der Waals surface area contributed by atoms with E-state index >= 15 is 0 Å². The average Bonchev–Trinajstić information content (AvgIpc) is 2.54. The highest BCUT2D eigenvalue weighted by Crippen LogP contribution is 2.28. The normalized spacial score (nSPS) is 10.6. The monoisotopic (exact) mass is 455 g/mol. The standard InChI is InChI=1S/C15H11Br2N3O4/c16-11-4-5-14(13(17)7-11)24-9-15(21)19-18-8-10-2-1-3-12(6-10)20(22)23/h1-8H,9H2,(H,19,21). The topological polar surface area (TPSA) is 93.8 Å². The van der Waals surface area contributed by atoms with Gasteiger partial charge in [0.25, 0.3) is 11.6 Å². The van der Waals surface area contributed by atoms with Crippen molar-refractivity contribution < 1.29 is 14.5 Å². The third kappa shape index (κ3) is 5.43. The number of nitro groups is 1. The fourth-order valence-corrected chi connectivity index (χ4v) is 2.83. The van der Waals surface area contributed by atoms with Crippen molar-refractivity contribution in [2.24, 2.45) is 5.10 Å². The average molecular weight is 457 g/mol. The molecule has 1 amide bonds. The molecule has 24 heavy (non-hydrogen) atoms. The Morgan fingerprint density at radius 3 is 2.79 bits per heavy atom. The largest absolute Gasteiger partial charge is 0.483 e. The lowest BCUT2D eigenvalue weighted by atomic mass is 10.2. The fraction of sp³-hybridized carbons (Fsp3) is 0.0667. The summed E-state index contributed by atoms with van der Waals surface area (Å²) in [6.45, 7) is -0.216. The number of nitro benzene ring substituents is 1. The van der Waals surface area contributed by atoms with Crippen molar-refractivity contribution in [1.29, 1.82) is 0 Å². The Morgan fingerprint density at radius 1 is 1.29 bits per heavy atom. The highest BCUT2D eigenvalue weighted by molar-refractivity contribution is 9.11. The van der Waals surface area contributed by atoms with Gasteiger partial charge in [0.1, 0.15) is 5.75 Å². The van der Waals surface area contributed by atoms with Gasteiger partial charge in [-0.25, -0.2) is 5.43 Å². The summed E-state index contributed by atoms with van der Waals surface area (Å²) in [5, 5.41) is 14.4. The SMILES string of the molecule is O=C(COc1ccc(Br)cc1Br)NN=Cc1cccc([N+](=O)[O-])c1. The van der Waals surface area contributed by atoms with Crippen LogP contribution in [-0.4, -0.2) is 23.7 Å². The minimum absolute atomic E-state index is 0.0475. The molecule has 0 aliphatic heterocycles. The third-order valence-electron chi connectivity index (χ3n) is 2.74. The zero-order valence-electron chi connectivity index (χ0n) is 12.1. The first-order valence-corrected chi connectivity index (χ1v) is 8.18. The molecule has 0 unspecified atom stereocenters. The molecule has 0 aliphatic carbocycles. The number of benzene rings is 2. The van der Waals surface area contributed by atoms with Gasteiger partial charge < -0.3 is 4.74 Å². The van der Waals surface area contributed by atoms with Crippen LogP contribution in [0.5, 0.6) is 5.75 Å². The number of nitrogens with one attached hydrogen (secondary N) is 1. The molecular weight excluding hydrogens is 446 g/mol. The first-order chi connectivity index (χ1) is 11.5. The van der Waals surface area contributed by atoms with Crippen molar-refractivity contribution >= 4 is 49.7 Å². The molecule has 2 rings (SSSR count). The van der Waals surface area contributed by atoms with Crippen LogP contribution >= 0.6 is 31.9 Å². The summed E-state index contributed by atoms with van der Waals surface area (Å²) in [7, 11) is 0. The summed E-state index contributed by atoms with van der Waals surface area (Å²) >= 11 is 6.65. The lowest BCUT2D eigenvalue weighted by Gasteiger charge is -2.07. The van der Waals surface area contributed by atoms with Gasteiger partial charge in [0.2, 0.25) is 0 Å². The van der Waals surface area contributed by atoms with Gasteiger partial charge in [-0.05, 0) is 34.1 Å². The van der Waals surface area contributed by atoms with E-state index in [0.29, 0.717) is 15.8 Å². The van der Waals surface area contributed by atoms with E-state index < -0.39 is 10.8 Å². The second kappa shape index (κ2) is 8.55. The van der Waals surface area contributed by atoms with E-state index in [-0.39, 0.29) is 12.3 Å². The number of carbonyl (C=O) groups is 1. The summed E-state index contributed by atoms with van der Waals surface area (Å²) < 4.78 is 6.96. The van der Waals surface area contributed by atoms with E-state index in [1.54, 1.807) is 24.3 Å². The van der Waals surface area contributed by atoms with Crippen LogP contribution in [0.15, 0.2) is 56.5 Å². The highest BCUT2D eigenvalue weighted by atomic mass is 79.9. The first kappa shape index (κ1) is 18.1. The summed E-state index contributed by atoms with van der Waals surface area (Å²) in [5.74, 6) is 0.0718. The van der Waals surface area contributed by atoms with Gasteiger partial charge in [-0.2, -0.15) is 5.10 Å². The number of non-ortho nitro benzene ring substituents is 1. The molecule has 0 bridgehead atoms. The van der Waals surface area contributed by atoms with Crippen LogP contribution < -0.4 is 10.2 Å². The molecule has 0 saturated heterocycles.